The summed E-state index contributed by atoms with van der Waals surface area (Å²) in [6.45, 7) is 22.7. The molecule has 2 heterocycles. The monoisotopic (exact) mass is 710 g/mol. The fourth-order valence-electron chi connectivity index (χ4n) is 7.26. The van der Waals surface area contributed by atoms with Crippen LogP contribution in [-0.2, 0) is 28.8 Å². The second-order valence-electron chi connectivity index (χ2n) is 17.8. The van der Waals surface area contributed by atoms with Gasteiger partial charge in [0.25, 0.3) is 5.91 Å². The second-order valence-corrected chi connectivity index (χ2v) is 17.8. The third-order valence-corrected chi connectivity index (χ3v) is 10.6. The Balaban J connectivity index is 1.83. The van der Waals surface area contributed by atoms with Crippen LogP contribution in [0.3, 0.4) is 0 Å². The Hall–Kier alpha value is -4.21. The average molecular weight is 711 g/mol. The fraction of sp³-hybridized carbons (Fsp3) is 0.711. The molecule has 2 aliphatic heterocycles. The number of nitrogens with one attached hydrogen (secondary N) is 4. The summed E-state index contributed by atoms with van der Waals surface area (Å²) in [5, 5.41) is 10.9. The van der Waals surface area contributed by atoms with E-state index in [1.807, 2.05) is 48.5 Å². The molecule has 0 radical (unpaired) electrons. The molecule has 0 spiro atoms. The lowest BCUT2D eigenvalue weighted by atomic mass is 9.80. The van der Waals surface area contributed by atoms with Crippen molar-refractivity contribution in [1.82, 2.24) is 31.1 Å². The van der Waals surface area contributed by atoms with E-state index in [-0.39, 0.29) is 74.4 Å². The number of hydrogen-bond acceptors (Lipinski definition) is 7. The third kappa shape index (κ3) is 9.57. The van der Waals surface area contributed by atoms with Gasteiger partial charge >= 0.3 is 6.03 Å². The Bertz CT molecular complexity index is 1460. The molecule has 282 valence electrons. The van der Waals surface area contributed by atoms with Crippen molar-refractivity contribution in [2.75, 3.05) is 19.6 Å². The lowest BCUT2D eigenvalue weighted by Crippen LogP contribution is -2.63. The molecule has 0 aromatic carbocycles. The number of piperidine rings is 2. The molecule has 6 atom stereocenters. The molecule has 1 unspecified atom stereocenters. The first kappa shape index (κ1) is 41.2. The molecule has 4 N–H and O–H groups in total. The highest BCUT2D eigenvalue weighted by Gasteiger charge is 2.70. The number of terminal acetylenes is 1. The van der Waals surface area contributed by atoms with Crippen LogP contribution in [0.2, 0.25) is 0 Å². The first-order valence-electron chi connectivity index (χ1n) is 17.7. The van der Waals surface area contributed by atoms with Gasteiger partial charge in [-0.2, -0.15) is 0 Å². The molecule has 51 heavy (non-hydrogen) atoms. The minimum Gasteiger partial charge on any atom is -0.346 e. The quantitative estimate of drug-likeness (QED) is 0.0984. The van der Waals surface area contributed by atoms with E-state index >= 15 is 0 Å². The van der Waals surface area contributed by atoms with Gasteiger partial charge in [-0.25, -0.2) is 4.79 Å². The number of urea groups is 1. The lowest BCUT2D eigenvalue weighted by Gasteiger charge is -2.40. The topological polar surface area (TPSA) is 174 Å². The van der Waals surface area contributed by atoms with E-state index in [2.05, 4.69) is 33.8 Å². The summed E-state index contributed by atoms with van der Waals surface area (Å²) in [7, 11) is 0. The summed E-state index contributed by atoms with van der Waals surface area (Å²) in [6, 6.07) is -4.51. The summed E-state index contributed by atoms with van der Waals surface area (Å²) in [6.07, 6.45) is 7.47. The normalized spacial score (nSPS) is 23.9. The van der Waals surface area contributed by atoms with Crippen molar-refractivity contribution >= 4 is 41.4 Å². The summed E-state index contributed by atoms with van der Waals surface area (Å²) in [5.41, 5.74) is -2.05. The molecule has 3 aliphatic rings. The third-order valence-electron chi connectivity index (χ3n) is 10.6. The fourth-order valence-corrected chi connectivity index (χ4v) is 7.26. The molecule has 7 amide bonds. The van der Waals surface area contributed by atoms with Crippen molar-refractivity contribution in [3.8, 4) is 12.3 Å². The van der Waals surface area contributed by atoms with E-state index in [4.69, 9.17) is 6.42 Å². The molecule has 0 bridgehead atoms. The van der Waals surface area contributed by atoms with Gasteiger partial charge < -0.3 is 26.2 Å². The van der Waals surface area contributed by atoms with Crippen LogP contribution in [0.5, 0.6) is 0 Å². The molecular formula is C38H58N6O7. The van der Waals surface area contributed by atoms with E-state index < -0.39 is 69.9 Å². The molecule has 1 saturated carbocycles. The van der Waals surface area contributed by atoms with E-state index in [0.717, 1.165) is 0 Å². The van der Waals surface area contributed by atoms with Gasteiger partial charge in [0.2, 0.25) is 29.4 Å². The van der Waals surface area contributed by atoms with E-state index in [9.17, 15) is 33.6 Å². The molecule has 13 heteroatoms. The smallest absolute Gasteiger partial charge is 0.315 e. The van der Waals surface area contributed by atoms with Crippen LogP contribution in [0.15, 0.2) is 12.7 Å². The first-order valence-corrected chi connectivity index (χ1v) is 17.7. The molecule has 1 aliphatic carbocycles. The summed E-state index contributed by atoms with van der Waals surface area (Å²) >= 11 is 0. The number of rotatable bonds is 13. The molecule has 13 nitrogen and oxygen atoms in total. The number of ketones is 1. The summed E-state index contributed by atoms with van der Waals surface area (Å²) < 4.78 is 0. The first-order chi connectivity index (χ1) is 23.4. The van der Waals surface area contributed by atoms with Crippen molar-refractivity contribution in [3.63, 3.8) is 0 Å². The van der Waals surface area contributed by atoms with Gasteiger partial charge in [0, 0.05) is 38.9 Å². The van der Waals surface area contributed by atoms with Crippen LogP contribution in [0.4, 0.5) is 4.79 Å². The molecule has 3 rings (SSSR count). The molecule has 3 fully saturated rings. The van der Waals surface area contributed by atoms with E-state index in [1.165, 1.54) is 15.9 Å². The highest BCUT2D eigenvalue weighted by molar-refractivity contribution is 6.38. The molecule has 2 saturated heterocycles. The number of Topliss-reactive ketones (excluding diaryl/α,β-unsaturated/α-hetero) is 1. The molecule has 0 aromatic rings. The van der Waals surface area contributed by atoms with Crippen LogP contribution in [-0.4, -0.2) is 95.0 Å². The van der Waals surface area contributed by atoms with Crippen molar-refractivity contribution in [1.29, 1.82) is 0 Å². The predicted octanol–water partition coefficient (Wildman–Crippen LogP) is 2.54. The number of likely N-dealkylation sites (tertiary alicyclic amines) is 2. The number of carbonyl (C=O) groups is 7. The van der Waals surface area contributed by atoms with E-state index in [0.29, 0.717) is 0 Å². The van der Waals surface area contributed by atoms with Crippen LogP contribution in [0, 0.1) is 45.8 Å². The van der Waals surface area contributed by atoms with Crippen LogP contribution >= 0.6 is 0 Å². The summed E-state index contributed by atoms with van der Waals surface area (Å²) in [5.74, 6) is -1.11. The number of fused-ring (bicyclic) bond motifs is 1. The Morgan fingerprint density at radius 1 is 0.961 bits per heavy atom. The van der Waals surface area contributed by atoms with Crippen molar-refractivity contribution < 1.29 is 33.6 Å². The van der Waals surface area contributed by atoms with Crippen molar-refractivity contribution in [2.45, 2.75) is 119 Å². The van der Waals surface area contributed by atoms with Crippen molar-refractivity contribution in [3.05, 3.63) is 12.7 Å². The maximum absolute atomic E-state index is 14.4. The average Bonchev–Trinajstić information content (AvgIpc) is 3.31. The van der Waals surface area contributed by atoms with Gasteiger partial charge in [-0.15, -0.1) is 18.9 Å². The standard InChI is InChI=1S/C38H58N6O7/c1-13-15-16-23(29(47)32(49)39-17-14-2)40-31(48)28-27-22(38(27,11)12)20-44(28)33(50)30(36(6,7)8)42-34(51)41-24(35(3,4)5)21-43-25(45)18-37(9,10)19-26(43)46/h1,14,22-24,27-28,30H,2,15-21H2,3-12H3,(H,39,49)(H,40,48)(H2,41,42,51)/t22-,23?,24+,27-,28-,30+/m0/s1. The SMILES string of the molecule is C#CCCC(NC(=O)[C@@H]1[C@@H]2[C@H](CN1C(=O)[C@@H](NC(=O)N[C@H](CN1C(=O)CC(C)(C)CC1=O)C(C)(C)C)C(C)(C)C)C2(C)C)C(=O)C(=O)NCC=C. The van der Waals surface area contributed by atoms with Gasteiger partial charge in [0.1, 0.15) is 12.1 Å². The minimum absolute atomic E-state index is 0.0114. The van der Waals surface area contributed by atoms with Gasteiger partial charge in [0.05, 0.1) is 12.1 Å². The van der Waals surface area contributed by atoms with Crippen LogP contribution in [0.1, 0.15) is 94.9 Å². The Labute approximate surface area is 302 Å². The van der Waals surface area contributed by atoms with Crippen LogP contribution < -0.4 is 21.3 Å². The number of amides is 7. The number of carbonyl (C=O) groups excluding carboxylic acids is 7. The zero-order chi connectivity index (χ0) is 38.9. The number of imide groups is 1. The predicted molar refractivity (Wildman–Crippen MR) is 192 cm³/mol. The van der Waals surface area contributed by atoms with E-state index in [1.54, 1.807) is 20.8 Å². The Morgan fingerprint density at radius 3 is 2.06 bits per heavy atom. The highest BCUT2D eigenvalue weighted by Crippen LogP contribution is 2.65. The maximum Gasteiger partial charge on any atom is 0.315 e. The highest BCUT2D eigenvalue weighted by atomic mass is 16.2. The maximum atomic E-state index is 14.4. The van der Waals surface area contributed by atoms with Gasteiger partial charge in [0.15, 0.2) is 0 Å². The largest absolute Gasteiger partial charge is 0.346 e. The Kier molecular flexibility index (Phi) is 12.3. The van der Waals surface area contributed by atoms with Gasteiger partial charge in [-0.1, -0.05) is 75.3 Å². The Morgan fingerprint density at radius 2 is 1.55 bits per heavy atom. The minimum atomic E-state index is -1.20. The number of nitrogens with zero attached hydrogens (tertiary/aromatic N) is 2. The molecule has 0 aromatic heterocycles. The lowest BCUT2D eigenvalue weighted by molar-refractivity contribution is -0.153. The van der Waals surface area contributed by atoms with Crippen LogP contribution in [0.25, 0.3) is 0 Å². The second kappa shape index (κ2) is 15.2. The van der Waals surface area contributed by atoms with Crippen molar-refractivity contribution in [2.24, 2.45) is 33.5 Å². The summed E-state index contributed by atoms with van der Waals surface area (Å²) in [4.78, 5) is 96.3. The van der Waals surface area contributed by atoms with Gasteiger partial charge in [-0.05, 0) is 39.9 Å². The number of hydrogen-bond donors (Lipinski definition) is 4. The zero-order valence-corrected chi connectivity index (χ0v) is 32.0. The molecular weight excluding hydrogens is 652 g/mol. The van der Waals surface area contributed by atoms with Gasteiger partial charge in [-0.3, -0.25) is 33.7 Å². The zero-order valence-electron chi connectivity index (χ0n) is 32.0.